The number of urea groups is 2. The van der Waals surface area contributed by atoms with E-state index in [4.69, 9.17) is 10.8 Å². The van der Waals surface area contributed by atoms with Gasteiger partial charge in [0.15, 0.2) is 23.1 Å². The Labute approximate surface area is 340 Å². The lowest BCUT2D eigenvalue weighted by Crippen LogP contribution is -2.48. The lowest BCUT2D eigenvalue weighted by atomic mass is 10.1. The normalized spacial score (nSPS) is 20.5. The first kappa shape index (κ1) is 39.6. The predicted molar refractivity (Wildman–Crippen MR) is 219 cm³/mol. The Kier molecular flexibility index (Phi) is 10.9. The summed E-state index contributed by atoms with van der Waals surface area (Å²) in [5, 5.41) is 33.6. The van der Waals surface area contributed by atoms with Gasteiger partial charge in [0.25, 0.3) is 0 Å². The van der Waals surface area contributed by atoms with Crippen molar-refractivity contribution >= 4 is 58.5 Å². The van der Waals surface area contributed by atoms with E-state index in [9.17, 15) is 29.4 Å². The number of anilines is 6. The maximum Gasteiger partial charge on any atom is 0.354 e. The van der Waals surface area contributed by atoms with Crippen LogP contribution in [0.4, 0.5) is 44.2 Å². The van der Waals surface area contributed by atoms with Gasteiger partial charge in [0, 0.05) is 51.5 Å². The number of nitrogens with zero attached hydrogens (tertiary/aromatic N) is 8. The number of rotatable bonds is 8. The topological polar surface area (TPSA) is 244 Å². The zero-order valence-corrected chi connectivity index (χ0v) is 32.4. The third kappa shape index (κ3) is 8.79. The van der Waals surface area contributed by atoms with E-state index >= 15 is 0 Å². The number of carbonyl (C=O) groups is 4. The van der Waals surface area contributed by atoms with Crippen LogP contribution in [0.1, 0.15) is 72.3 Å². The van der Waals surface area contributed by atoms with Gasteiger partial charge < -0.3 is 30.9 Å². The van der Waals surface area contributed by atoms with Crippen molar-refractivity contribution in [1.82, 2.24) is 19.9 Å². The summed E-state index contributed by atoms with van der Waals surface area (Å²) in [6, 6.07) is 16.7. The molecule has 59 heavy (non-hydrogen) atoms. The first-order valence-corrected chi connectivity index (χ1v) is 19.9. The fourth-order valence-corrected chi connectivity index (χ4v) is 7.65. The summed E-state index contributed by atoms with van der Waals surface area (Å²) in [5.41, 5.74) is 5.94. The number of carboxylic acids is 1. The van der Waals surface area contributed by atoms with Crippen LogP contribution in [0, 0.1) is 0 Å². The zero-order valence-electron chi connectivity index (χ0n) is 32.4. The second kappa shape index (κ2) is 16.2. The van der Waals surface area contributed by atoms with Gasteiger partial charge in [-0.05, 0) is 93.5 Å². The maximum absolute atomic E-state index is 13.1. The number of ketones is 1. The summed E-state index contributed by atoms with van der Waals surface area (Å²) >= 11 is 0. The van der Waals surface area contributed by atoms with Crippen molar-refractivity contribution in [2.24, 2.45) is 5.73 Å². The van der Waals surface area contributed by atoms with E-state index in [1.807, 2.05) is 12.1 Å². The molecule has 2 aliphatic carbocycles. The number of fused-ring (bicyclic) bond motifs is 8. The molecular formula is C41H47N11O7. The Bertz CT molecular complexity index is 2220. The molecule has 4 bridgehead atoms. The van der Waals surface area contributed by atoms with Crippen molar-refractivity contribution in [1.29, 1.82) is 0 Å². The van der Waals surface area contributed by atoms with Crippen LogP contribution in [0.5, 0.6) is 0 Å². The third-order valence-electron chi connectivity index (χ3n) is 11.5. The molecule has 0 unspecified atom stereocenters. The number of hydrogen-bond donors (Lipinski definition) is 6. The summed E-state index contributed by atoms with van der Waals surface area (Å²) in [7, 11) is 0. The number of hydrogen-bond acceptors (Lipinski definition) is 13. The Morgan fingerprint density at radius 3 is 1.61 bits per heavy atom. The monoisotopic (exact) mass is 805 g/mol. The van der Waals surface area contributed by atoms with Gasteiger partial charge >= 0.3 is 18.0 Å². The van der Waals surface area contributed by atoms with E-state index in [0.717, 1.165) is 76.1 Å². The van der Waals surface area contributed by atoms with E-state index in [1.54, 1.807) is 64.7 Å². The van der Waals surface area contributed by atoms with Gasteiger partial charge in [-0.25, -0.2) is 34.3 Å². The number of aromatic nitrogens is 4. The molecule has 4 aromatic heterocycles. The highest BCUT2D eigenvalue weighted by Crippen LogP contribution is 2.42. The van der Waals surface area contributed by atoms with E-state index in [0.29, 0.717) is 41.9 Å². The maximum atomic E-state index is 13.1. The van der Waals surface area contributed by atoms with Crippen molar-refractivity contribution in [2.45, 2.75) is 74.7 Å². The predicted octanol–water partition coefficient (Wildman–Crippen LogP) is 3.87. The molecule has 2 saturated heterocycles. The second-order valence-corrected chi connectivity index (χ2v) is 15.8. The molecular weight excluding hydrogens is 759 g/mol. The molecule has 0 radical (unpaired) electrons. The van der Waals surface area contributed by atoms with Crippen LogP contribution in [0.25, 0.3) is 0 Å². The number of carboxylic acid groups (broad SMARTS) is 1. The first-order valence-electron chi connectivity index (χ1n) is 19.9. The summed E-state index contributed by atoms with van der Waals surface area (Å²) in [4.78, 5) is 74.3. The quantitative estimate of drug-likeness (QED) is 0.139. The largest absolute Gasteiger partial charge is 0.477 e. The second-order valence-electron chi connectivity index (χ2n) is 15.8. The van der Waals surface area contributed by atoms with E-state index in [1.165, 1.54) is 6.07 Å². The molecule has 4 amide bonds. The van der Waals surface area contributed by atoms with Gasteiger partial charge in [0.2, 0.25) is 0 Å². The molecule has 8 heterocycles. The average molecular weight is 806 g/mol. The van der Waals surface area contributed by atoms with E-state index < -0.39 is 17.2 Å². The van der Waals surface area contributed by atoms with Crippen LogP contribution >= 0.6 is 0 Å². The summed E-state index contributed by atoms with van der Waals surface area (Å²) in [6.45, 7) is 3.58. The SMILES string of the molecule is NCC1(O)CC1.O=C(CCC1(O)CC1)c1ccc2c(n1)N(C(=O)Nc1ccccn1)[C@H]1CCN2C1.O=C(O)c1ccc2c(n1)N(C(=O)Nc1ccccn1)[C@H]1CCN2C1. The van der Waals surface area contributed by atoms with E-state index in [2.05, 4.69) is 40.4 Å². The van der Waals surface area contributed by atoms with Crippen LogP contribution < -0.4 is 36.0 Å². The number of nitrogens with two attached hydrogens (primary N) is 1. The molecule has 2 saturated carbocycles. The molecule has 18 nitrogen and oxygen atoms in total. The van der Waals surface area contributed by atoms with Crippen LogP contribution in [-0.4, -0.2) is 115 Å². The first-order chi connectivity index (χ1) is 28.4. The molecule has 0 aromatic carbocycles. The molecule has 7 N–H and O–H groups in total. The van der Waals surface area contributed by atoms with Crippen molar-refractivity contribution in [3.05, 3.63) is 84.4 Å². The Balaban J connectivity index is 0.000000146. The Morgan fingerprint density at radius 2 is 1.19 bits per heavy atom. The molecule has 6 aliphatic rings. The summed E-state index contributed by atoms with van der Waals surface area (Å²) in [5.74, 6) is 0.602. The number of carbonyl (C=O) groups excluding carboxylic acids is 3. The van der Waals surface area contributed by atoms with Gasteiger partial charge in [0.05, 0.1) is 34.7 Å². The zero-order chi connectivity index (χ0) is 41.3. The average Bonchev–Trinajstić information content (AvgIpc) is 4.08. The minimum absolute atomic E-state index is 0.0104. The lowest BCUT2D eigenvalue weighted by Gasteiger charge is -2.35. The van der Waals surface area contributed by atoms with Gasteiger partial charge in [-0.15, -0.1) is 0 Å². The third-order valence-corrected chi connectivity index (χ3v) is 11.5. The molecule has 0 spiro atoms. The number of aromatic carboxylic acids is 1. The fourth-order valence-electron chi connectivity index (χ4n) is 7.65. The van der Waals surface area contributed by atoms with Crippen LogP contribution in [-0.2, 0) is 0 Å². The standard InChI is InChI=1S/C21H23N5O3.C16H15N5O3.C4H9NO/c27-17(6-8-21(29)9-10-21)15-4-5-16-19(23-15)26(14-7-12-25(16)13-14)20(28)24-18-3-1-2-11-22-18;22-15(23)11-4-5-12-14(18-11)21(10-6-8-20(12)9-10)16(24)19-13-3-1-2-7-17-13;5-3-4(6)1-2-4/h1-5,11,14,29H,6-10,12-13H2,(H,22,24,28);1-5,7,10H,6,8-9H2,(H,22,23)(H,17,19,24);6H,1-3,5H2/t14-;10-;/m00./s1. The Morgan fingerprint density at radius 1 is 0.695 bits per heavy atom. The van der Waals surface area contributed by atoms with Gasteiger partial charge in [0.1, 0.15) is 17.3 Å². The van der Waals surface area contributed by atoms with E-state index in [-0.39, 0.29) is 42.0 Å². The molecule has 4 aliphatic heterocycles. The molecule has 4 fully saturated rings. The molecule has 10 rings (SSSR count). The number of nitrogens with one attached hydrogen (secondary N) is 2. The van der Waals surface area contributed by atoms with Gasteiger partial charge in [-0.1, -0.05) is 12.1 Å². The minimum Gasteiger partial charge on any atom is -0.477 e. The lowest BCUT2D eigenvalue weighted by molar-refractivity contribution is 0.0690. The molecule has 18 heteroatoms. The number of pyridine rings is 4. The highest BCUT2D eigenvalue weighted by Gasteiger charge is 2.43. The smallest absolute Gasteiger partial charge is 0.354 e. The van der Waals surface area contributed by atoms with Crippen molar-refractivity contribution in [3.63, 3.8) is 0 Å². The van der Waals surface area contributed by atoms with Crippen molar-refractivity contribution in [2.75, 3.05) is 63.0 Å². The van der Waals surface area contributed by atoms with Gasteiger partial charge in [-0.3, -0.25) is 25.2 Å². The van der Waals surface area contributed by atoms with Crippen LogP contribution in [0.15, 0.2) is 73.1 Å². The summed E-state index contributed by atoms with van der Waals surface area (Å²) in [6.07, 6.45) is 8.94. The number of amides is 4. The highest BCUT2D eigenvalue weighted by molar-refractivity contribution is 6.06. The van der Waals surface area contributed by atoms with Crippen molar-refractivity contribution < 1.29 is 34.5 Å². The van der Waals surface area contributed by atoms with Crippen LogP contribution in [0.2, 0.25) is 0 Å². The molecule has 2 atom stereocenters. The highest BCUT2D eigenvalue weighted by atomic mass is 16.4. The number of Topliss-reactive ketones (excluding diaryl/α,β-unsaturated/α-hetero) is 1. The summed E-state index contributed by atoms with van der Waals surface area (Å²) < 4.78 is 0. The Hall–Kier alpha value is -6.24. The van der Waals surface area contributed by atoms with Crippen LogP contribution in [0.3, 0.4) is 0 Å². The molecule has 4 aromatic rings. The minimum atomic E-state index is -1.11. The molecule has 308 valence electrons. The van der Waals surface area contributed by atoms with Gasteiger partial charge in [-0.2, -0.15) is 0 Å². The van der Waals surface area contributed by atoms with Crippen molar-refractivity contribution in [3.8, 4) is 0 Å². The number of aliphatic hydroxyl groups is 2. The fraction of sp³-hybridized carbons (Fsp3) is 0.415.